The average Bonchev–Trinajstić information content (AvgIpc) is 3.17. The van der Waals surface area contributed by atoms with Gasteiger partial charge in [0.25, 0.3) is 0 Å². The number of halogens is 1. The Bertz CT molecular complexity index is 940. The molecule has 2 unspecified atom stereocenters. The van der Waals surface area contributed by atoms with Crippen LogP contribution in [0.4, 0.5) is 0 Å². The van der Waals surface area contributed by atoms with Crippen LogP contribution in [0.5, 0.6) is 0 Å². The Morgan fingerprint density at radius 1 is 1.14 bits per heavy atom. The van der Waals surface area contributed by atoms with Gasteiger partial charge in [-0.25, -0.2) is 4.98 Å². The zero-order chi connectivity index (χ0) is 19.5. The minimum Gasteiger partial charge on any atom is -0.444 e. The van der Waals surface area contributed by atoms with E-state index in [-0.39, 0.29) is 24.5 Å². The first-order valence-corrected chi connectivity index (χ1v) is 9.65. The molecule has 2 atom stereocenters. The van der Waals surface area contributed by atoms with Crippen LogP contribution < -0.4 is 0 Å². The van der Waals surface area contributed by atoms with E-state index >= 15 is 0 Å². The highest BCUT2D eigenvalue weighted by atomic mass is 35.5. The second-order valence-corrected chi connectivity index (χ2v) is 7.41. The van der Waals surface area contributed by atoms with E-state index in [4.69, 9.17) is 20.8 Å². The first kappa shape index (κ1) is 18.7. The second-order valence-electron chi connectivity index (χ2n) is 6.97. The minimum absolute atomic E-state index is 0.0204. The third kappa shape index (κ3) is 4.26. The molecule has 4 rings (SSSR count). The molecule has 1 aliphatic heterocycles. The predicted molar refractivity (Wildman–Crippen MR) is 107 cm³/mol. The minimum atomic E-state index is -0.115. The number of amides is 1. The van der Waals surface area contributed by atoms with Crippen LogP contribution in [0.15, 0.2) is 65.3 Å². The lowest BCUT2D eigenvalue weighted by molar-refractivity contribution is -0.144. The number of oxazole rings is 1. The number of carbonyl (C=O) groups is 1. The fourth-order valence-corrected chi connectivity index (χ4v) is 3.51. The molecular weight excluding hydrogens is 376 g/mol. The second kappa shape index (κ2) is 8.17. The van der Waals surface area contributed by atoms with Gasteiger partial charge in [-0.3, -0.25) is 4.79 Å². The van der Waals surface area contributed by atoms with Crippen LogP contribution in [0, 0.1) is 0 Å². The largest absolute Gasteiger partial charge is 0.444 e. The quantitative estimate of drug-likeness (QED) is 0.650. The molecule has 0 bridgehead atoms. The van der Waals surface area contributed by atoms with Gasteiger partial charge in [0.05, 0.1) is 24.8 Å². The van der Waals surface area contributed by atoms with E-state index in [9.17, 15) is 4.79 Å². The van der Waals surface area contributed by atoms with Crippen molar-refractivity contribution in [2.45, 2.75) is 25.6 Å². The highest BCUT2D eigenvalue weighted by Crippen LogP contribution is 2.26. The van der Waals surface area contributed by atoms with Crippen molar-refractivity contribution in [1.82, 2.24) is 9.88 Å². The van der Waals surface area contributed by atoms with Gasteiger partial charge in [0, 0.05) is 17.1 Å². The van der Waals surface area contributed by atoms with E-state index in [1.54, 1.807) is 18.4 Å². The molecule has 0 radical (unpaired) electrons. The van der Waals surface area contributed by atoms with Crippen molar-refractivity contribution in [3.63, 3.8) is 0 Å². The van der Waals surface area contributed by atoms with Crippen LogP contribution in [0.2, 0.25) is 5.02 Å². The number of rotatable bonds is 4. The van der Waals surface area contributed by atoms with Crippen molar-refractivity contribution in [1.29, 1.82) is 0 Å². The lowest BCUT2D eigenvalue weighted by atomic mass is 10.1. The van der Waals surface area contributed by atoms with Crippen LogP contribution in [-0.2, 0) is 16.0 Å². The summed E-state index contributed by atoms with van der Waals surface area (Å²) in [6, 6.07) is 17.2. The summed E-state index contributed by atoms with van der Waals surface area (Å²) in [6.07, 6.45) is 1.60. The topological polar surface area (TPSA) is 55.6 Å². The first-order valence-electron chi connectivity index (χ1n) is 9.27. The molecule has 2 heterocycles. The van der Waals surface area contributed by atoms with E-state index in [1.165, 1.54) is 0 Å². The summed E-state index contributed by atoms with van der Waals surface area (Å²) in [7, 11) is 0. The molecule has 3 aromatic rings. The van der Waals surface area contributed by atoms with Gasteiger partial charge in [-0.2, -0.15) is 0 Å². The number of hydrogen-bond acceptors (Lipinski definition) is 4. The van der Waals surface area contributed by atoms with Crippen molar-refractivity contribution < 1.29 is 13.9 Å². The zero-order valence-electron chi connectivity index (χ0n) is 15.5. The Morgan fingerprint density at radius 2 is 1.89 bits per heavy atom. The van der Waals surface area contributed by atoms with Gasteiger partial charge >= 0.3 is 0 Å². The van der Waals surface area contributed by atoms with Crippen molar-refractivity contribution in [2.24, 2.45) is 0 Å². The van der Waals surface area contributed by atoms with E-state index in [0.717, 1.165) is 11.1 Å². The van der Waals surface area contributed by atoms with E-state index in [1.807, 2.05) is 54.3 Å². The summed E-state index contributed by atoms with van der Waals surface area (Å²) in [6.45, 7) is 3.10. The summed E-state index contributed by atoms with van der Waals surface area (Å²) in [4.78, 5) is 19.2. The predicted octanol–water partition coefficient (Wildman–Crippen LogP) is 4.53. The van der Waals surface area contributed by atoms with Crippen LogP contribution in [0.1, 0.15) is 24.3 Å². The zero-order valence-corrected chi connectivity index (χ0v) is 16.3. The first-order chi connectivity index (χ1) is 13.6. The third-order valence-electron chi connectivity index (χ3n) is 4.76. The SMILES string of the molecule is CC1CN(C(=O)Cc2coc(-c3ccc(Cl)cc3)n2)CC(c2ccccc2)O1. The molecule has 1 aliphatic rings. The standard InChI is InChI=1S/C22H21ClN2O3/c1-15-12-25(13-20(28-15)16-5-3-2-4-6-16)21(26)11-19-14-27-22(24-19)17-7-9-18(23)10-8-17/h2-10,14-15,20H,11-13H2,1H3. The number of carbonyl (C=O) groups excluding carboxylic acids is 1. The van der Waals surface area contributed by atoms with Crippen molar-refractivity contribution >= 4 is 17.5 Å². The number of hydrogen-bond donors (Lipinski definition) is 0. The lowest BCUT2D eigenvalue weighted by Crippen LogP contribution is -2.46. The van der Waals surface area contributed by atoms with Crippen molar-refractivity contribution in [3.8, 4) is 11.5 Å². The number of ether oxygens (including phenoxy) is 1. The monoisotopic (exact) mass is 396 g/mol. The maximum Gasteiger partial charge on any atom is 0.228 e. The third-order valence-corrected chi connectivity index (χ3v) is 5.01. The molecule has 1 aromatic heterocycles. The Morgan fingerprint density at radius 3 is 2.64 bits per heavy atom. The lowest BCUT2D eigenvalue weighted by Gasteiger charge is -2.37. The Hall–Kier alpha value is -2.63. The van der Waals surface area contributed by atoms with Gasteiger partial charge in [0.1, 0.15) is 12.4 Å². The van der Waals surface area contributed by atoms with Crippen LogP contribution in [-0.4, -0.2) is 35.0 Å². The molecule has 2 aromatic carbocycles. The molecule has 144 valence electrons. The molecule has 28 heavy (non-hydrogen) atoms. The van der Waals surface area contributed by atoms with Gasteiger partial charge < -0.3 is 14.1 Å². The van der Waals surface area contributed by atoms with Gasteiger partial charge in [-0.1, -0.05) is 41.9 Å². The maximum absolute atomic E-state index is 12.9. The highest BCUT2D eigenvalue weighted by molar-refractivity contribution is 6.30. The van der Waals surface area contributed by atoms with Gasteiger partial charge in [0.2, 0.25) is 11.8 Å². The fourth-order valence-electron chi connectivity index (χ4n) is 3.39. The molecule has 1 amide bonds. The molecule has 0 N–H and O–H groups in total. The summed E-state index contributed by atoms with van der Waals surface area (Å²) < 4.78 is 11.6. The van der Waals surface area contributed by atoms with E-state index in [0.29, 0.717) is 29.7 Å². The summed E-state index contributed by atoms with van der Waals surface area (Å²) in [5.74, 6) is 0.504. The van der Waals surface area contributed by atoms with Gasteiger partial charge in [-0.05, 0) is 36.8 Å². The molecule has 6 heteroatoms. The Kier molecular flexibility index (Phi) is 5.46. The molecule has 0 aliphatic carbocycles. The summed E-state index contributed by atoms with van der Waals surface area (Å²) in [5, 5.41) is 0.653. The molecule has 0 saturated carbocycles. The highest BCUT2D eigenvalue weighted by Gasteiger charge is 2.29. The van der Waals surface area contributed by atoms with Gasteiger partial charge in [0.15, 0.2) is 0 Å². The number of morpholine rings is 1. The molecular formula is C22H21ClN2O3. The van der Waals surface area contributed by atoms with Crippen LogP contribution >= 0.6 is 11.6 Å². The van der Waals surface area contributed by atoms with E-state index < -0.39 is 0 Å². The smallest absolute Gasteiger partial charge is 0.228 e. The number of nitrogens with zero attached hydrogens (tertiary/aromatic N) is 2. The van der Waals surface area contributed by atoms with Crippen molar-refractivity contribution in [2.75, 3.05) is 13.1 Å². The summed E-state index contributed by atoms with van der Waals surface area (Å²) >= 11 is 5.92. The number of aromatic nitrogens is 1. The van der Waals surface area contributed by atoms with Gasteiger partial charge in [-0.15, -0.1) is 0 Å². The number of benzene rings is 2. The Balaban J connectivity index is 1.44. The molecule has 5 nitrogen and oxygen atoms in total. The average molecular weight is 397 g/mol. The fraction of sp³-hybridized carbons (Fsp3) is 0.273. The van der Waals surface area contributed by atoms with E-state index in [2.05, 4.69) is 4.98 Å². The normalized spacial score (nSPS) is 19.6. The van der Waals surface area contributed by atoms with Crippen LogP contribution in [0.25, 0.3) is 11.5 Å². The Labute approximate surface area is 168 Å². The van der Waals surface area contributed by atoms with Crippen molar-refractivity contribution in [3.05, 3.63) is 77.1 Å². The summed E-state index contributed by atoms with van der Waals surface area (Å²) in [5.41, 5.74) is 2.52. The maximum atomic E-state index is 12.9. The molecule has 1 fully saturated rings. The molecule has 0 spiro atoms. The van der Waals surface area contributed by atoms with Crippen LogP contribution in [0.3, 0.4) is 0 Å². The molecule has 1 saturated heterocycles.